The normalized spacial score (nSPS) is 14.0. The minimum absolute atomic E-state index is 0.0683. The lowest BCUT2D eigenvalue weighted by Crippen LogP contribution is -2.32. The number of carboxylic acid groups (broad SMARTS) is 2. The molecule has 2 N–H and O–H groups in total. The van der Waals surface area contributed by atoms with Crippen LogP contribution in [0.15, 0.2) is 53.7 Å². The molecule has 0 fully saturated rings. The molecular formula is C18H18N2O6. The molecule has 0 radical (unpaired) electrons. The quantitative estimate of drug-likeness (QED) is 0.804. The van der Waals surface area contributed by atoms with Gasteiger partial charge in [-0.1, -0.05) is 6.07 Å². The summed E-state index contributed by atoms with van der Waals surface area (Å²) in [5, 5.41) is 15.4. The van der Waals surface area contributed by atoms with Crippen molar-refractivity contribution < 1.29 is 24.5 Å². The zero-order valence-electron chi connectivity index (χ0n) is 14.2. The Labute approximate surface area is 149 Å². The van der Waals surface area contributed by atoms with Crippen LogP contribution >= 0.6 is 0 Å². The molecule has 0 unspecified atom stereocenters. The molecule has 0 saturated carbocycles. The largest absolute Gasteiger partial charge is 0.483 e. The van der Waals surface area contributed by atoms with Crippen LogP contribution in [0.4, 0.5) is 0 Å². The van der Waals surface area contributed by atoms with E-state index in [4.69, 9.17) is 14.9 Å². The first kappa shape index (κ1) is 18.9. The van der Waals surface area contributed by atoms with Gasteiger partial charge in [0.1, 0.15) is 17.8 Å². The van der Waals surface area contributed by atoms with Crippen LogP contribution in [0.1, 0.15) is 25.8 Å². The molecule has 0 aliphatic carbocycles. The number of hydrogen-bond donors (Lipinski definition) is 2. The monoisotopic (exact) mass is 358 g/mol. The van der Waals surface area contributed by atoms with E-state index in [2.05, 4.69) is 4.98 Å². The summed E-state index contributed by atoms with van der Waals surface area (Å²) < 4.78 is 7.49. The van der Waals surface area contributed by atoms with Gasteiger partial charge >= 0.3 is 11.9 Å². The Morgan fingerprint density at radius 3 is 2.46 bits per heavy atom. The summed E-state index contributed by atoms with van der Waals surface area (Å²) in [6.07, 6.45) is 6.30. The van der Waals surface area contributed by atoms with Gasteiger partial charge in [0.15, 0.2) is 0 Å². The molecule has 0 spiro atoms. The Kier molecular flexibility index (Phi) is 5.56. The van der Waals surface area contributed by atoms with Crippen LogP contribution < -0.4 is 10.3 Å². The molecule has 0 saturated heterocycles. The second-order valence-corrected chi connectivity index (χ2v) is 5.98. The second kappa shape index (κ2) is 7.64. The maximum atomic E-state index is 12.0. The Balaban J connectivity index is 0.000000298. The average molecular weight is 358 g/mol. The Morgan fingerprint density at radius 2 is 1.88 bits per heavy atom. The summed E-state index contributed by atoms with van der Waals surface area (Å²) in [6, 6.07) is 6.92. The molecule has 0 bridgehead atoms. The van der Waals surface area contributed by atoms with E-state index in [1.165, 1.54) is 0 Å². The second-order valence-electron chi connectivity index (χ2n) is 5.98. The summed E-state index contributed by atoms with van der Waals surface area (Å²) in [7, 11) is 0. The van der Waals surface area contributed by atoms with Crippen LogP contribution in [0.2, 0.25) is 0 Å². The van der Waals surface area contributed by atoms with Crippen molar-refractivity contribution in [1.82, 2.24) is 9.55 Å². The van der Waals surface area contributed by atoms with Gasteiger partial charge in [0.05, 0.1) is 11.3 Å². The number of fused-ring (bicyclic) bond motifs is 1. The number of pyridine rings is 2. The van der Waals surface area contributed by atoms with Gasteiger partial charge < -0.3 is 14.9 Å². The van der Waals surface area contributed by atoms with Crippen molar-refractivity contribution in [3.8, 4) is 5.75 Å². The number of rotatable bonds is 3. The van der Waals surface area contributed by atoms with Gasteiger partial charge in [-0.25, -0.2) is 0 Å². The third kappa shape index (κ3) is 4.79. The zero-order chi connectivity index (χ0) is 19.3. The molecule has 0 atom stereocenters. The lowest BCUT2D eigenvalue weighted by molar-refractivity contribution is -0.147. The van der Waals surface area contributed by atoms with Crippen molar-refractivity contribution in [3.05, 3.63) is 64.8 Å². The lowest BCUT2D eigenvalue weighted by Gasteiger charge is -2.31. The highest BCUT2D eigenvalue weighted by Crippen LogP contribution is 2.35. The number of hydrogen-bond acceptors (Lipinski definition) is 5. The average Bonchev–Trinajstić information content (AvgIpc) is 2.53. The van der Waals surface area contributed by atoms with Gasteiger partial charge in [0.25, 0.3) is 5.56 Å². The van der Waals surface area contributed by atoms with Crippen molar-refractivity contribution >= 4 is 17.6 Å². The standard InChI is InChI=1S/C15H14N2O2.C3H4O4/c1-15(2)9-12(17-8-4-3-5-14(17)18)11-10-16-7-6-13(11)19-15;4-2(5)1-3(6)7/h3-10H,1-2H3;1H2,(H,4,5)(H,6,7). The van der Waals surface area contributed by atoms with Crippen LogP contribution in [-0.4, -0.2) is 37.3 Å². The SMILES string of the molecule is CC1(C)C=C(n2ccccc2=O)c2cnccc2O1.O=C(O)CC(=O)O. The number of aromatic nitrogens is 2. The Bertz CT molecular complexity index is 902. The predicted molar refractivity (Wildman–Crippen MR) is 92.9 cm³/mol. The van der Waals surface area contributed by atoms with Gasteiger partial charge in [-0.2, -0.15) is 0 Å². The Hall–Kier alpha value is -3.42. The maximum Gasteiger partial charge on any atom is 0.314 e. The molecular weight excluding hydrogens is 340 g/mol. The minimum atomic E-state index is -1.31. The molecule has 1 aliphatic heterocycles. The van der Waals surface area contributed by atoms with Crippen molar-refractivity contribution in [3.63, 3.8) is 0 Å². The molecule has 26 heavy (non-hydrogen) atoms. The van der Waals surface area contributed by atoms with Crippen LogP contribution in [0.3, 0.4) is 0 Å². The number of aliphatic carboxylic acids is 2. The maximum absolute atomic E-state index is 12.0. The van der Waals surface area contributed by atoms with Gasteiger partial charge in [-0.3, -0.25) is 23.9 Å². The number of carboxylic acids is 2. The van der Waals surface area contributed by atoms with Crippen LogP contribution in [-0.2, 0) is 9.59 Å². The van der Waals surface area contributed by atoms with Crippen LogP contribution in [0, 0.1) is 0 Å². The van der Waals surface area contributed by atoms with E-state index in [1.54, 1.807) is 35.3 Å². The van der Waals surface area contributed by atoms with Gasteiger partial charge in [0, 0.05) is 24.7 Å². The third-order valence-corrected chi connectivity index (χ3v) is 3.30. The summed E-state index contributed by atoms with van der Waals surface area (Å²) in [4.78, 5) is 35.0. The van der Waals surface area contributed by atoms with E-state index in [9.17, 15) is 14.4 Å². The van der Waals surface area contributed by atoms with E-state index in [0.29, 0.717) is 0 Å². The topological polar surface area (TPSA) is 119 Å². The van der Waals surface area contributed by atoms with Gasteiger partial charge in [0.2, 0.25) is 0 Å². The van der Waals surface area contributed by atoms with E-state index in [-0.39, 0.29) is 5.56 Å². The fourth-order valence-corrected chi connectivity index (χ4v) is 2.34. The third-order valence-electron chi connectivity index (χ3n) is 3.30. The fourth-order valence-electron chi connectivity index (χ4n) is 2.34. The van der Waals surface area contributed by atoms with Crippen LogP contribution in [0.5, 0.6) is 5.75 Å². The van der Waals surface area contributed by atoms with Crippen molar-refractivity contribution in [2.45, 2.75) is 25.9 Å². The van der Waals surface area contributed by atoms with Crippen molar-refractivity contribution in [2.75, 3.05) is 0 Å². The first-order chi connectivity index (χ1) is 12.2. The van der Waals surface area contributed by atoms with Gasteiger partial charge in [-0.15, -0.1) is 0 Å². The molecule has 1 aliphatic rings. The van der Waals surface area contributed by atoms with E-state index < -0.39 is 24.0 Å². The summed E-state index contributed by atoms with van der Waals surface area (Å²) in [5.74, 6) is -1.88. The van der Waals surface area contributed by atoms with Crippen LogP contribution in [0.25, 0.3) is 5.70 Å². The molecule has 3 rings (SSSR count). The molecule has 3 heterocycles. The molecule has 8 heteroatoms. The Morgan fingerprint density at radius 1 is 1.19 bits per heavy atom. The minimum Gasteiger partial charge on any atom is -0.483 e. The first-order valence-electron chi connectivity index (χ1n) is 7.67. The fraction of sp³-hybridized carbons (Fsp3) is 0.222. The number of carbonyl (C=O) groups is 2. The summed E-state index contributed by atoms with van der Waals surface area (Å²) in [5.41, 5.74) is 1.11. The highest BCUT2D eigenvalue weighted by atomic mass is 16.5. The smallest absolute Gasteiger partial charge is 0.314 e. The van der Waals surface area contributed by atoms with E-state index in [0.717, 1.165) is 17.0 Å². The van der Waals surface area contributed by atoms with Gasteiger partial charge in [-0.05, 0) is 32.1 Å². The molecule has 0 aromatic carbocycles. The zero-order valence-corrected chi connectivity index (χ0v) is 14.2. The molecule has 136 valence electrons. The summed E-state index contributed by atoms with van der Waals surface area (Å²) >= 11 is 0. The highest BCUT2D eigenvalue weighted by molar-refractivity contribution is 5.88. The van der Waals surface area contributed by atoms with E-state index in [1.807, 2.05) is 32.1 Å². The number of ether oxygens (including phenoxy) is 1. The van der Waals surface area contributed by atoms with Crippen molar-refractivity contribution in [1.29, 1.82) is 0 Å². The molecule has 0 amide bonds. The molecule has 2 aromatic rings. The lowest BCUT2D eigenvalue weighted by atomic mass is 10.0. The molecule has 8 nitrogen and oxygen atoms in total. The highest BCUT2D eigenvalue weighted by Gasteiger charge is 2.27. The summed E-state index contributed by atoms with van der Waals surface area (Å²) in [6.45, 7) is 3.93. The first-order valence-corrected chi connectivity index (χ1v) is 7.67. The molecule has 2 aromatic heterocycles. The predicted octanol–water partition coefficient (Wildman–Crippen LogP) is 1.85. The van der Waals surface area contributed by atoms with E-state index >= 15 is 0 Å². The number of nitrogens with zero attached hydrogens (tertiary/aromatic N) is 2. The van der Waals surface area contributed by atoms with Crippen molar-refractivity contribution in [2.24, 2.45) is 0 Å².